The van der Waals surface area contributed by atoms with Crippen LogP contribution >= 0.6 is 11.6 Å². The van der Waals surface area contributed by atoms with Crippen molar-refractivity contribution in [3.05, 3.63) is 29.3 Å². The smallest absolute Gasteiger partial charge is 0.244 e. The Hall–Kier alpha value is -0.620. The van der Waals surface area contributed by atoms with Crippen LogP contribution in [0.15, 0.2) is 29.2 Å². The molecule has 3 rings (SSSR count). The Morgan fingerprint density at radius 3 is 2.71 bits per heavy atom. The van der Waals surface area contributed by atoms with Gasteiger partial charge in [-0.15, -0.1) is 0 Å². The van der Waals surface area contributed by atoms with E-state index in [9.17, 15) is 8.42 Å². The Morgan fingerprint density at radius 1 is 1.35 bits per heavy atom. The molecular weight excluding hydrogens is 262 g/mol. The van der Waals surface area contributed by atoms with Crippen LogP contribution in [0.5, 0.6) is 0 Å². The van der Waals surface area contributed by atoms with Gasteiger partial charge in [0.05, 0.1) is 23.8 Å². The average Bonchev–Trinajstić information content (AvgIpc) is 2.91. The van der Waals surface area contributed by atoms with E-state index in [1.807, 2.05) is 0 Å². The Morgan fingerprint density at radius 2 is 2.12 bits per heavy atom. The number of hydrogen-bond acceptors (Lipinski definition) is 3. The minimum absolute atomic E-state index is 0.0266. The van der Waals surface area contributed by atoms with Gasteiger partial charge in [-0.1, -0.05) is 23.7 Å². The van der Waals surface area contributed by atoms with E-state index in [0.717, 1.165) is 6.42 Å². The van der Waals surface area contributed by atoms with E-state index >= 15 is 0 Å². The number of ether oxygens (including phenoxy) is 1. The number of nitrogens with zero attached hydrogens (tertiary/aromatic N) is 1. The van der Waals surface area contributed by atoms with Crippen LogP contribution in [0.4, 0.5) is 0 Å². The third-order valence-corrected chi connectivity index (χ3v) is 5.69. The SMILES string of the molecule is O=S(=O)(c1ccccc1Cl)N1C[C@H]2C[C@H]1CO2. The lowest BCUT2D eigenvalue weighted by atomic mass is 10.3. The Bertz CT molecular complexity index is 545. The fourth-order valence-electron chi connectivity index (χ4n) is 2.44. The monoisotopic (exact) mass is 273 g/mol. The van der Waals surface area contributed by atoms with Crippen molar-refractivity contribution in [3.63, 3.8) is 0 Å². The molecule has 0 radical (unpaired) electrons. The first-order chi connectivity index (χ1) is 8.09. The fourth-order valence-corrected chi connectivity index (χ4v) is 4.59. The second-order valence-corrected chi connectivity index (χ2v) is 6.62. The maximum atomic E-state index is 12.4. The molecule has 0 saturated carbocycles. The summed E-state index contributed by atoms with van der Waals surface area (Å²) in [7, 11) is -3.48. The normalized spacial score (nSPS) is 28.8. The Kier molecular flexibility index (Phi) is 2.66. The van der Waals surface area contributed by atoms with Gasteiger partial charge in [-0.05, 0) is 18.6 Å². The van der Waals surface area contributed by atoms with E-state index in [2.05, 4.69) is 0 Å². The van der Waals surface area contributed by atoms with Crippen molar-refractivity contribution in [3.8, 4) is 0 Å². The van der Waals surface area contributed by atoms with Crippen LogP contribution in [0.25, 0.3) is 0 Å². The Balaban J connectivity index is 2.00. The summed E-state index contributed by atoms with van der Waals surface area (Å²) in [6.45, 7) is 0.937. The molecule has 0 aromatic heterocycles. The van der Waals surface area contributed by atoms with Gasteiger partial charge < -0.3 is 4.74 Å². The summed E-state index contributed by atoms with van der Waals surface area (Å²) < 4.78 is 31.8. The van der Waals surface area contributed by atoms with Crippen LogP contribution in [0.2, 0.25) is 5.02 Å². The maximum Gasteiger partial charge on any atom is 0.244 e. The summed E-state index contributed by atoms with van der Waals surface area (Å²) >= 11 is 5.95. The van der Waals surface area contributed by atoms with Gasteiger partial charge in [0.2, 0.25) is 10.0 Å². The molecule has 6 heteroatoms. The van der Waals surface area contributed by atoms with Crippen molar-refractivity contribution in [1.29, 1.82) is 0 Å². The van der Waals surface area contributed by atoms with E-state index in [4.69, 9.17) is 16.3 Å². The molecule has 2 heterocycles. The van der Waals surface area contributed by atoms with Crippen molar-refractivity contribution in [1.82, 2.24) is 4.31 Å². The molecule has 92 valence electrons. The first-order valence-corrected chi connectivity index (χ1v) is 7.29. The molecule has 2 aliphatic heterocycles. The highest BCUT2D eigenvalue weighted by Gasteiger charge is 2.45. The zero-order chi connectivity index (χ0) is 12.0. The lowest BCUT2D eigenvalue weighted by Gasteiger charge is -2.26. The molecule has 0 aliphatic carbocycles. The molecule has 2 saturated heterocycles. The maximum absolute atomic E-state index is 12.4. The second-order valence-electron chi connectivity index (χ2n) is 4.35. The van der Waals surface area contributed by atoms with E-state index in [0.29, 0.717) is 13.2 Å². The lowest BCUT2D eigenvalue weighted by molar-refractivity contribution is 0.0608. The van der Waals surface area contributed by atoms with Gasteiger partial charge in [0.15, 0.2) is 0 Å². The molecule has 2 bridgehead atoms. The summed E-state index contributed by atoms with van der Waals surface area (Å²) in [5.41, 5.74) is 0. The average molecular weight is 274 g/mol. The standard InChI is InChI=1S/C11H12ClNO3S/c12-10-3-1-2-4-11(10)17(14,15)13-6-9-5-8(13)7-16-9/h1-4,8-9H,5-7H2/t8-,9+/m0/s1. The Labute approximate surface area is 105 Å². The highest BCUT2D eigenvalue weighted by atomic mass is 35.5. The highest BCUT2D eigenvalue weighted by Crippen LogP contribution is 2.34. The van der Waals surface area contributed by atoms with Crippen molar-refractivity contribution in [2.75, 3.05) is 13.2 Å². The van der Waals surface area contributed by atoms with Gasteiger partial charge in [0, 0.05) is 6.54 Å². The molecule has 17 heavy (non-hydrogen) atoms. The summed E-state index contributed by atoms with van der Waals surface area (Å²) in [6, 6.07) is 6.52. The van der Waals surface area contributed by atoms with Gasteiger partial charge in [-0.25, -0.2) is 8.42 Å². The van der Waals surface area contributed by atoms with Gasteiger partial charge >= 0.3 is 0 Å². The quantitative estimate of drug-likeness (QED) is 0.820. The molecule has 4 nitrogen and oxygen atoms in total. The summed E-state index contributed by atoms with van der Waals surface area (Å²) in [6.07, 6.45) is 0.848. The number of morpholine rings is 1. The molecule has 0 unspecified atom stereocenters. The topological polar surface area (TPSA) is 46.6 Å². The highest BCUT2D eigenvalue weighted by molar-refractivity contribution is 7.89. The lowest BCUT2D eigenvalue weighted by Crippen LogP contribution is -2.41. The molecule has 2 aliphatic rings. The molecular formula is C11H12ClNO3S. The van der Waals surface area contributed by atoms with E-state index in [-0.39, 0.29) is 22.1 Å². The van der Waals surface area contributed by atoms with Crippen LogP contribution in [-0.2, 0) is 14.8 Å². The zero-order valence-corrected chi connectivity index (χ0v) is 10.6. The van der Waals surface area contributed by atoms with Gasteiger partial charge in [-0.2, -0.15) is 4.31 Å². The summed E-state index contributed by atoms with van der Waals surface area (Å²) in [5, 5.41) is 0.274. The fraction of sp³-hybridized carbons (Fsp3) is 0.455. The van der Waals surface area contributed by atoms with Crippen LogP contribution in [0, 0.1) is 0 Å². The van der Waals surface area contributed by atoms with Crippen molar-refractivity contribution < 1.29 is 13.2 Å². The predicted molar refractivity (Wildman–Crippen MR) is 63.5 cm³/mol. The third-order valence-electron chi connectivity index (χ3n) is 3.27. The third kappa shape index (κ3) is 1.78. The van der Waals surface area contributed by atoms with Gasteiger partial charge in [0.1, 0.15) is 4.90 Å². The summed E-state index contributed by atoms with van der Waals surface area (Å²) in [4.78, 5) is 0.189. The molecule has 2 fully saturated rings. The number of rotatable bonds is 2. The zero-order valence-electron chi connectivity index (χ0n) is 9.04. The van der Waals surface area contributed by atoms with Crippen LogP contribution in [-0.4, -0.2) is 38.0 Å². The number of sulfonamides is 1. The number of benzene rings is 1. The molecule has 1 aromatic rings. The first-order valence-electron chi connectivity index (χ1n) is 5.47. The predicted octanol–water partition coefficient (Wildman–Crippen LogP) is 1.50. The van der Waals surface area contributed by atoms with Crippen LogP contribution in [0.3, 0.4) is 0 Å². The minimum atomic E-state index is -3.48. The second kappa shape index (κ2) is 3.95. The molecule has 2 atom stereocenters. The van der Waals surface area contributed by atoms with E-state index in [1.54, 1.807) is 24.3 Å². The number of hydrogen-bond donors (Lipinski definition) is 0. The number of fused-ring (bicyclic) bond motifs is 2. The van der Waals surface area contributed by atoms with E-state index in [1.165, 1.54) is 4.31 Å². The van der Waals surface area contributed by atoms with Crippen LogP contribution in [0.1, 0.15) is 6.42 Å². The van der Waals surface area contributed by atoms with Crippen molar-refractivity contribution in [2.24, 2.45) is 0 Å². The van der Waals surface area contributed by atoms with Gasteiger partial charge in [0.25, 0.3) is 0 Å². The van der Waals surface area contributed by atoms with E-state index < -0.39 is 10.0 Å². The summed E-state index contributed by atoms with van der Waals surface area (Å²) in [5.74, 6) is 0. The molecule has 0 amide bonds. The minimum Gasteiger partial charge on any atom is -0.375 e. The van der Waals surface area contributed by atoms with Gasteiger partial charge in [-0.3, -0.25) is 0 Å². The van der Waals surface area contributed by atoms with Crippen molar-refractivity contribution >= 4 is 21.6 Å². The number of halogens is 1. The van der Waals surface area contributed by atoms with Crippen molar-refractivity contribution in [2.45, 2.75) is 23.5 Å². The molecule has 0 spiro atoms. The molecule has 1 aromatic carbocycles. The molecule has 0 N–H and O–H groups in total. The largest absolute Gasteiger partial charge is 0.375 e. The first kappa shape index (κ1) is 11.5. The van der Waals surface area contributed by atoms with Crippen LogP contribution < -0.4 is 0 Å².